The number of hydrogen-bond acceptors (Lipinski definition) is 5. The number of aromatic nitrogens is 2. The zero-order valence-electron chi connectivity index (χ0n) is 9.05. The molecule has 2 rings (SSSR count). The van der Waals surface area contributed by atoms with Crippen molar-refractivity contribution < 1.29 is 14.2 Å². The van der Waals surface area contributed by atoms with Crippen molar-refractivity contribution in [2.75, 3.05) is 6.54 Å². The van der Waals surface area contributed by atoms with Gasteiger partial charge in [0.2, 0.25) is 0 Å². The van der Waals surface area contributed by atoms with E-state index in [9.17, 15) is 19.1 Å². The number of ether oxygens (including phenoxy) is 1. The predicted octanol–water partition coefficient (Wildman–Crippen LogP) is -1.30. The molecule has 1 saturated heterocycles. The highest BCUT2D eigenvalue weighted by molar-refractivity contribution is 14.1. The molecule has 18 heavy (non-hydrogen) atoms. The number of nitrogens with two attached hydrogens (primary N) is 1. The lowest BCUT2D eigenvalue weighted by molar-refractivity contribution is -0.0226. The van der Waals surface area contributed by atoms with E-state index in [-0.39, 0.29) is 10.1 Å². The van der Waals surface area contributed by atoms with Gasteiger partial charge in [-0.1, -0.05) is 0 Å². The second kappa shape index (κ2) is 5.07. The molecule has 1 aliphatic heterocycles. The van der Waals surface area contributed by atoms with Crippen LogP contribution in [0, 0.1) is 3.57 Å². The number of nitrogens with one attached hydrogen (secondary N) is 1. The number of nitrogens with zero attached hydrogens (tertiary/aromatic N) is 1. The van der Waals surface area contributed by atoms with Crippen LogP contribution in [0.3, 0.4) is 0 Å². The largest absolute Gasteiger partial charge is 0.387 e. The van der Waals surface area contributed by atoms with Gasteiger partial charge in [0.25, 0.3) is 5.56 Å². The fraction of sp³-hybridized carbons (Fsp3) is 0.556. The average molecular weight is 371 g/mol. The third-order valence-corrected chi connectivity index (χ3v) is 3.49. The first-order valence-electron chi connectivity index (χ1n) is 5.14. The molecule has 1 fully saturated rings. The van der Waals surface area contributed by atoms with Gasteiger partial charge in [-0.25, -0.2) is 9.18 Å². The topological polar surface area (TPSA) is 110 Å². The first-order valence-corrected chi connectivity index (χ1v) is 6.22. The van der Waals surface area contributed by atoms with E-state index in [1.165, 1.54) is 6.20 Å². The average Bonchev–Trinajstić information content (AvgIpc) is 2.61. The minimum Gasteiger partial charge on any atom is -0.387 e. The third kappa shape index (κ3) is 2.22. The molecule has 0 amide bonds. The van der Waals surface area contributed by atoms with E-state index in [2.05, 4.69) is 0 Å². The van der Waals surface area contributed by atoms with Crippen LogP contribution >= 0.6 is 22.6 Å². The minimum absolute atomic E-state index is 0.0622. The van der Waals surface area contributed by atoms with Crippen molar-refractivity contribution >= 4 is 22.6 Å². The first kappa shape index (κ1) is 13.6. The standard InChI is InChI=1S/C9H11FIN3O4/c10-5-6(15)4(1-12)18-8(5)14-2-3(11)7(16)13-9(14)17/h2,4-6,8,15H,1,12H2,(H,13,16,17)/t4-,5-,6-,8-/m1/s1. The Bertz CT molecular complexity index is 559. The Kier molecular flexibility index (Phi) is 3.84. The SMILES string of the molecule is NC[C@H]1O[C@@H](n2cc(I)c(=O)[nH]c2=O)[C@H](F)[C@@H]1O. The summed E-state index contributed by atoms with van der Waals surface area (Å²) in [5, 5.41) is 9.53. The van der Waals surface area contributed by atoms with Gasteiger partial charge in [-0.2, -0.15) is 0 Å². The monoisotopic (exact) mass is 371 g/mol. The van der Waals surface area contributed by atoms with Crippen LogP contribution in [0.4, 0.5) is 4.39 Å². The van der Waals surface area contributed by atoms with Crippen molar-refractivity contribution in [3.05, 3.63) is 30.6 Å². The Balaban J connectivity index is 2.42. The molecule has 0 unspecified atom stereocenters. The summed E-state index contributed by atoms with van der Waals surface area (Å²) in [5.41, 5.74) is 3.97. The molecule has 0 radical (unpaired) electrons. The molecule has 100 valence electrons. The van der Waals surface area contributed by atoms with Gasteiger partial charge in [0.1, 0.15) is 12.2 Å². The van der Waals surface area contributed by atoms with Crippen LogP contribution < -0.4 is 17.0 Å². The van der Waals surface area contributed by atoms with Gasteiger partial charge in [0.05, 0.1) is 3.57 Å². The summed E-state index contributed by atoms with van der Waals surface area (Å²) in [6.07, 6.45) is -4.15. The molecule has 0 spiro atoms. The summed E-state index contributed by atoms with van der Waals surface area (Å²) >= 11 is 1.71. The quantitative estimate of drug-likeness (QED) is 0.560. The molecule has 0 bridgehead atoms. The number of aliphatic hydroxyl groups is 1. The predicted molar refractivity (Wildman–Crippen MR) is 67.9 cm³/mol. The van der Waals surface area contributed by atoms with Gasteiger partial charge in [0, 0.05) is 12.7 Å². The third-order valence-electron chi connectivity index (χ3n) is 2.72. The minimum atomic E-state index is -1.78. The molecule has 1 aromatic heterocycles. The van der Waals surface area contributed by atoms with Gasteiger partial charge in [0.15, 0.2) is 12.4 Å². The number of aliphatic hydroxyl groups excluding tert-OH is 1. The van der Waals surface area contributed by atoms with E-state index < -0.39 is 35.9 Å². The van der Waals surface area contributed by atoms with Gasteiger partial charge in [-0.3, -0.25) is 14.3 Å². The van der Waals surface area contributed by atoms with E-state index in [0.717, 1.165) is 4.57 Å². The summed E-state index contributed by atoms with van der Waals surface area (Å²) < 4.78 is 20.1. The fourth-order valence-corrected chi connectivity index (χ4v) is 2.21. The van der Waals surface area contributed by atoms with Gasteiger partial charge < -0.3 is 15.6 Å². The van der Waals surface area contributed by atoms with Crippen molar-refractivity contribution in [3.8, 4) is 0 Å². The summed E-state index contributed by atoms with van der Waals surface area (Å²) in [7, 11) is 0. The molecule has 0 aromatic carbocycles. The van der Waals surface area contributed by atoms with Crippen LogP contribution in [-0.2, 0) is 4.74 Å². The van der Waals surface area contributed by atoms with E-state index in [0.29, 0.717) is 0 Å². The zero-order valence-corrected chi connectivity index (χ0v) is 11.2. The normalized spacial score (nSPS) is 31.8. The maximum Gasteiger partial charge on any atom is 0.330 e. The van der Waals surface area contributed by atoms with E-state index in [1.54, 1.807) is 22.6 Å². The zero-order chi connectivity index (χ0) is 13.4. The van der Waals surface area contributed by atoms with E-state index in [4.69, 9.17) is 10.5 Å². The number of H-pyrrole nitrogens is 1. The van der Waals surface area contributed by atoms with E-state index in [1.807, 2.05) is 4.98 Å². The second-order valence-electron chi connectivity index (χ2n) is 3.88. The number of halogens is 2. The number of alkyl halides is 1. The first-order chi connectivity index (χ1) is 8.45. The van der Waals surface area contributed by atoms with Gasteiger partial charge in [-0.05, 0) is 22.6 Å². The Hall–Kier alpha value is -0.780. The summed E-state index contributed by atoms with van der Waals surface area (Å²) in [5.74, 6) is 0. The van der Waals surface area contributed by atoms with Crippen molar-refractivity contribution in [2.24, 2.45) is 5.73 Å². The second-order valence-corrected chi connectivity index (χ2v) is 5.04. The van der Waals surface area contributed by atoms with Crippen molar-refractivity contribution in [2.45, 2.75) is 24.6 Å². The molecule has 7 nitrogen and oxygen atoms in total. The number of hydrogen-bond donors (Lipinski definition) is 3. The summed E-state index contributed by atoms with van der Waals surface area (Å²) in [6.45, 7) is -0.0622. The van der Waals surface area contributed by atoms with Crippen LogP contribution in [0.2, 0.25) is 0 Å². The smallest absolute Gasteiger partial charge is 0.330 e. The van der Waals surface area contributed by atoms with Crippen LogP contribution in [0.15, 0.2) is 15.8 Å². The van der Waals surface area contributed by atoms with Crippen molar-refractivity contribution in [1.29, 1.82) is 0 Å². The highest BCUT2D eigenvalue weighted by Gasteiger charge is 2.44. The molecule has 1 aromatic rings. The Morgan fingerprint density at radius 1 is 1.61 bits per heavy atom. The van der Waals surface area contributed by atoms with Crippen LogP contribution in [0.1, 0.15) is 6.23 Å². The molecule has 2 heterocycles. The highest BCUT2D eigenvalue weighted by Crippen LogP contribution is 2.30. The lowest BCUT2D eigenvalue weighted by atomic mass is 10.1. The Labute approximate surface area is 114 Å². The summed E-state index contributed by atoms with van der Waals surface area (Å²) in [6, 6.07) is 0. The van der Waals surface area contributed by atoms with Crippen LogP contribution in [0.5, 0.6) is 0 Å². The Morgan fingerprint density at radius 2 is 2.28 bits per heavy atom. The number of aromatic amines is 1. The number of rotatable bonds is 2. The lowest BCUT2D eigenvalue weighted by Crippen LogP contribution is -2.37. The fourth-order valence-electron chi connectivity index (χ4n) is 1.77. The van der Waals surface area contributed by atoms with Crippen LogP contribution in [-0.4, -0.2) is 39.6 Å². The Morgan fingerprint density at radius 3 is 2.83 bits per heavy atom. The lowest BCUT2D eigenvalue weighted by Gasteiger charge is -2.15. The maximum absolute atomic E-state index is 13.8. The highest BCUT2D eigenvalue weighted by atomic mass is 127. The van der Waals surface area contributed by atoms with E-state index >= 15 is 0 Å². The van der Waals surface area contributed by atoms with Crippen molar-refractivity contribution in [3.63, 3.8) is 0 Å². The van der Waals surface area contributed by atoms with Gasteiger partial charge in [-0.15, -0.1) is 0 Å². The molecule has 1 aliphatic rings. The molecule has 4 N–H and O–H groups in total. The molecule has 0 aliphatic carbocycles. The van der Waals surface area contributed by atoms with Gasteiger partial charge >= 0.3 is 5.69 Å². The maximum atomic E-state index is 13.8. The van der Waals surface area contributed by atoms with Crippen molar-refractivity contribution in [1.82, 2.24) is 9.55 Å². The molecule has 9 heteroatoms. The molecule has 4 atom stereocenters. The molecule has 0 saturated carbocycles. The molecular formula is C9H11FIN3O4. The molecular weight excluding hydrogens is 360 g/mol. The van der Waals surface area contributed by atoms with Crippen LogP contribution in [0.25, 0.3) is 0 Å². The summed E-state index contributed by atoms with van der Waals surface area (Å²) in [4.78, 5) is 24.8.